The van der Waals surface area contributed by atoms with Crippen LogP contribution in [0.25, 0.3) is 5.57 Å². The van der Waals surface area contributed by atoms with E-state index in [2.05, 4.69) is 16.7 Å². The zero-order valence-electron chi connectivity index (χ0n) is 21.9. The first-order chi connectivity index (χ1) is 18.9. The molecule has 200 valence electrons. The van der Waals surface area contributed by atoms with Gasteiger partial charge in [-0.05, 0) is 47.2 Å². The fourth-order valence-corrected chi connectivity index (χ4v) is 4.71. The van der Waals surface area contributed by atoms with E-state index in [1.165, 1.54) is 12.7 Å². The third-order valence-corrected chi connectivity index (χ3v) is 6.79. The molecular weight excluding hydrogens is 492 g/mol. The van der Waals surface area contributed by atoms with Crippen LogP contribution in [-0.2, 0) is 32.0 Å². The van der Waals surface area contributed by atoms with Crippen LogP contribution in [0.3, 0.4) is 0 Å². The molecule has 39 heavy (non-hydrogen) atoms. The molecule has 2 N–H and O–H groups in total. The first kappa shape index (κ1) is 27.5. The van der Waals surface area contributed by atoms with Crippen LogP contribution in [0.5, 0.6) is 0 Å². The number of fused-ring (bicyclic) bond motifs is 1. The molecule has 0 spiro atoms. The highest BCUT2D eigenvalue weighted by molar-refractivity contribution is 5.98. The molecule has 0 bridgehead atoms. The molecule has 0 aliphatic heterocycles. The van der Waals surface area contributed by atoms with Crippen LogP contribution in [0.4, 0.5) is 0 Å². The largest absolute Gasteiger partial charge is 0.467 e. The van der Waals surface area contributed by atoms with Gasteiger partial charge >= 0.3 is 5.97 Å². The van der Waals surface area contributed by atoms with Crippen LogP contribution >= 0.6 is 0 Å². The number of allylic oxidation sites excluding steroid dienone is 1. The number of hydrogen-bond donors (Lipinski definition) is 2. The van der Waals surface area contributed by atoms with Crippen molar-refractivity contribution in [1.82, 2.24) is 10.6 Å². The van der Waals surface area contributed by atoms with E-state index < -0.39 is 24.0 Å². The number of benzene rings is 3. The molecule has 7 nitrogen and oxygen atoms in total. The van der Waals surface area contributed by atoms with E-state index in [1.807, 2.05) is 60.7 Å². The van der Waals surface area contributed by atoms with Crippen LogP contribution in [0.1, 0.15) is 46.3 Å². The standard InChI is InChI=1S/C32H32N2O5/c1-39-32(38)28(21-25-17-16-23-12-8-9-15-26(23)25)33-30(36)19-18-29(35)27(20-22-10-4-2-5-11-22)34-31(37)24-13-6-3-7-14-24/h2-15,17,27-28H,16,18-21H2,1H3,(H,33,36)(H,34,37)/t27-,28-/m0/s1. The average molecular weight is 525 g/mol. The van der Waals surface area contributed by atoms with Gasteiger partial charge in [0.25, 0.3) is 5.91 Å². The predicted octanol–water partition coefficient (Wildman–Crippen LogP) is 4.06. The number of hydrogen-bond acceptors (Lipinski definition) is 5. The normalized spacial score (nSPS) is 13.4. The SMILES string of the molecule is COC(=O)[C@H](CC1=CCc2ccccc21)NC(=O)CCC(=O)[C@H](Cc1ccccc1)NC(=O)c1ccccc1. The highest BCUT2D eigenvalue weighted by Gasteiger charge is 2.27. The van der Waals surface area contributed by atoms with Gasteiger partial charge in [-0.25, -0.2) is 4.79 Å². The first-order valence-electron chi connectivity index (χ1n) is 13.0. The number of ether oxygens (including phenoxy) is 1. The second kappa shape index (κ2) is 13.3. The van der Waals surface area contributed by atoms with Crippen molar-refractivity contribution >= 4 is 29.1 Å². The maximum atomic E-state index is 13.2. The third kappa shape index (κ3) is 7.51. The van der Waals surface area contributed by atoms with Gasteiger partial charge in [0.1, 0.15) is 6.04 Å². The van der Waals surface area contributed by atoms with Crippen molar-refractivity contribution in [2.45, 2.75) is 44.2 Å². The molecule has 0 heterocycles. The van der Waals surface area contributed by atoms with E-state index in [9.17, 15) is 19.2 Å². The van der Waals surface area contributed by atoms with E-state index in [-0.39, 0.29) is 24.5 Å². The summed E-state index contributed by atoms with van der Waals surface area (Å²) < 4.78 is 4.93. The van der Waals surface area contributed by atoms with Crippen molar-refractivity contribution < 1.29 is 23.9 Å². The van der Waals surface area contributed by atoms with Gasteiger partial charge in [0, 0.05) is 24.8 Å². The molecule has 2 atom stereocenters. The minimum Gasteiger partial charge on any atom is -0.467 e. The van der Waals surface area contributed by atoms with Crippen LogP contribution in [0, 0.1) is 0 Å². The Kier molecular flexibility index (Phi) is 9.40. The monoisotopic (exact) mass is 524 g/mol. The summed E-state index contributed by atoms with van der Waals surface area (Å²) in [7, 11) is 1.28. The van der Waals surface area contributed by atoms with Crippen molar-refractivity contribution in [2.75, 3.05) is 7.11 Å². The topological polar surface area (TPSA) is 102 Å². The number of esters is 1. The van der Waals surface area contributed by atoms with Crippen molar-refractivity contribution in [3.63, 3.8) is 0 Å². The van der Waals surface area contributed by atoms with Crippen molar-refractivity contribution in [2.24, 2.45) is 0 Å². The Bertz CT molecular complexity index is 1350. The number of methoxy groups -OCH3 is 1. The summed E-state index contributed by atoms with van der Waals surface area (Å²) in [6.45, 7) is 0. The Labute approximate surface area is 228 Å². The van der Waals surface area contributed by atoms with E-state index in [1.54, 1.807) is 24.3 Å². The molecular formula is C32H32N2O5. The second-order valence-electron chi connectivity index (χ2n) is 9.49. The lowest BCUT2D eigenvalue weighted by Gasteiger charge is -2.20. The number of Topliss-reactive ketones (excluding diaryl/α,β-unsaturated/α-hetero) is 1. The quantitative estimate of drug-likeness (QED) is 0.348. The van der Waals surface area contributed by atoms with Gasteiger partial charge in [-0.15, -0.1) is 0 Å². The molecule has 0 saturated carbocycles. The average Bonchev–Trinajstić information content (AvgIpc) is 3.38. The summed E-state index contributed by atoms with van der Waals surface area (Å²) in [5.41, 5.74) is 4.56. The number of nitrogens with one attached hydrogen (secondary N) is 2. The van der Waals surface area contributed by atoms with Crippen molar-refractivity contribution in [1.29, 1.82) is 0 Å². The molecule has 1 aliphatic carbocycles. The van der Waals surface area contributed by atoms with Crippen molar-refractivity contribution in [3.8, 4) is 0 Å². The van der Waals surface area contributed by atoms with Gasteiger partial charge < -0.3 is 15.4 Å². The summed E-state index contributed by atoms with van der Waals surface area (Å²) in [6.07, 6.45) is 3.23. The lowest BCUT2D eigenvalue weighted by Crippen LogP contribution is -2.44. The number of carbonyl (C=O) groups excluding carboxylic acids is 4. The minimum atomic E-state index is -0.868. The van der Waals surface area contributed by atoms with Crippen LogP contribution < -0.4 is 10.6 Å². The molecule has 0 unspecified atom stereocenters. The Balaban J connectivity index is 1.38. The lowest BCUT2D eigenvalue weighted by atomic mass is 9.98. The minimum absolute atomic E-state index is 0.0855. The first-order valence-corrected chi connectivity index (χ1v) is 13.0. The maximum absolute atomic E-state index is 13.2. The molecule has 2 amide bonds. The summed E-state index contributed by atoms with van der Waals surface area (Å²) in [5, 5.41) is 5.57. The van der Waals surface area contributed by atoms with Crippen LogP contribution in [-0.4, -0.2) is 42.8 Å². The second-order valence-corrected chi connectivity index (χ2v) is 9.49. The Hall–Kier alpha value is -4.52. The van der Waals surface area contributed by atoms with E-state index >= 15 is 0 Å². The van der Waals surface area contributed by atoms with E-state index in [0.717, 1.165) is 23.1 Å². The molecule has 7 heteroatoms. The van der Waals surface area contributed by atoms with E-state index in [4.69, 9.17) is 4.74 Å². The van der Waals surface area contributed by atoms with Gasteiger partial charge in [-0.1, -0.05) is 78.9 Å². The molecule has 3 aromatic rings. The summed E-state index contributed by atoms with van der Waals surface area (Å²) >= 11 is 0. The highest BCUT2D eigenvalue weighted by atomic mass is 16.5. The predicted molar refractivity (Wildman–Crippen MR) is 149 cm³/mol. The molecule has 3 aromatic carbocycles. The number of amides is 2. The van der Waals surface area contributed by atoms with Crippen LogP contribution in [0.2, 0.25) is 0 Å². The highest BCUT2D eigenvalue weighted by Crippen LogP contribution is 2.30. The van der Waals surface area contributed by atoms with Gasteiger partial charge in [0.15, 0.2) is 5.78 Å². The molecule has 0 fully saturated rings. The van der Waals surface area contributed by atoms with Crippen molar-refractivity contribution in [3.05, 3.63) is 113 Å². The van der Waals surface area contributed by atoms with E-state index in [0.29, 0.717) is 18.4 Å². The smallest absolute Gasteiger partial charge is 0.328 e. The summed E-state index contributed by atoms with van der Waals surface area (Å²) in [6, 6.07) is 24.4. The van der Waals surface area contributed by atoms with Gasteiger partial charge in [-0.2, -0.15) is 0 Å². The molecule has 0 radical (unpaired) electrons. The Morgan fingerprint density at radius 3 is 2.15 bits per heavy atom. The van der Waals surface area contributed by atoms with Gasteiger partial charge in [-0.3, -0.25) is 14.4 Å². The number of ketones is 1. The number of rotatable bonds is 12. The Morgan fingerprint density at radius 2 is 1.44 bits per heavy atom. The molecule has 0 aromatic heterocycles. The summed E-state index contributed by atoms with van der Waals surface area (Å²) in [5.74, 6) is -1.60. The van der Waals surface area contributed by atoms with Crippen LogP contribution in [0.15, 0.2) is 91.0 Å². The van der Waals surface area contributed by atoms with Gasteiger partial charge in [0.2, 0.25) is 5.91 Å². The summed E-state index contributed by atoms with van der Waals surface area (Å²) in [4.78, 5) is 51.3. The lowest BCUT2D eigenvalue weighted by molar-refractivity contribution is -0.144. The Morgan fingerprint density at radius 1 is 0.769 bits per heavy atom. The molecule has 0 saturated heterocycles. The third-order valence-electron chi connectivity index (χ3n) is 6.79. The zero-order valence-corrected chi connectivity index (χ0v) is 21.9. The maximum Gasteiger partial charge on any atom is 0.328 e. The van der Waals surface area contributed by atoms with Gasteiger partial charge in [0.05, 0.1) is 13.2 Å². The fraction of sp³-hybridized carbons (Fsp3) is 0.250. The molecule has 1 aliphatic rings. The molecule has 4 rings (SSSR count). The number of carbonyl (C=O) groups is 4. The zero-order chi connectivity index (χ0) is 27.6. The fourth-order valence-electron chi connectivity index (χ4n) is 4.71.